The molecular weight excluding hydrogens is 406 g/mol. The van der Waals surface area contributed by atoms with Crippen molar-refractivity contribution in [1.82, 2.24) is 15.1 Å². The van der Waals surface area contributed by atoms with E-state index in [0.29, 0.717) is 36.6 Å². The van der Waals surface area contributed by atoms with Crippen LogP contribution in [-0.2, 0) is 20.9 Å². The molecule has 168 valence electrons. The van der Waals surface area contributed by atoms with Crippen molar-refractivity contribution in [2.45, 2.75) is 64.0 Å². The molecule has 7 rings (SSSR count). The van der Waals surface area contributed by atoms with E-state index in [4.69, 9.17) is 9.15 Å². The van der Waals surface area contributed by atoms with Crippen molar-refractivity contribution < 1.29 is 18.7 Å². The summed E-state index contributed by atoms with van der Waals surface area (Å²) in [6, 6.07) is 8.99. The number of ether oxygens (including phenoxy) is 1. The molecule has 1 aliphatic heterocycles. The van der Waals surface area contributed by atoms with Crippen LogP contribution in [0.1, 0.15) is 57.3 Å². The zero-order valence-corrected chi connectivity index (χ0v) is 18.2. The fourth-order valence-corrected chi connectivity index (χ4v) is 7.17. The Kier molecular flexibility index (Phi) is 4.81. The topological polar surface area (TPSA) is 85.5 Å². The molecule has 2 heterocycles. The maximum Gasteiger partial charge on any atom is 0.329 e. The van der Waals surface area contributed by atoms with Crippen molar-refractivity contribution in [1.29, 1.82) is 0 Å². The van der Waals surface area contributed by atoms with E-state index in [2.05, 4.69) is 10.2 Å². The Morgan fingerprint density at radius 1 is 1.03 bits per heavy atom. The third kappa shape index (κ3) is 3.42. The zero-order valence-electron chi connectivity index (χ0n) is 18.2. The summed E-state index contributed by atoms with van der Waals surface area (Å²) in [5.74, 6) is 2.61. The summed E-state index contributed by atoms with van der Waals surface area (Å²) < 4.78 is 11.2. The van der Waals surface area contributed by atoms with Crippen molar-refractivity contribution in [2.24, 2.45) is 23.2 Å². The molecule has 1 atom stereocenters. The highest BCUT2D eigenvalue weighted by Gasteiger charge is 2.57. The van der Waals surface area contributed by atoms with E-state index in [0.717, 1.165) is 31.2 Å². The van der Waals surface area contributed by atoms with Gasteiger partial charge < -0.3 is 14.1 Å². The van der Waals surface area contributed by atoms with Gasteiger partial charge in [0, 0.05) is 12.1 Å². The highest BCUT2D eigenvalue weighted by Crippen LogP contribution is 2.60. The van der Waals surface area contributed by atoms with E-state index < -0.39 is 6.04 Å². The van der Waals surface area contributed by atoms with Crippen LogP contribution in [0.15, 0.2) is 34.7 Å². The minimum absolute atomic E-state index is 0.0748. The molecule has 7 heteroatoms. The van der Waals surface area contributed by atoms with Gasteiger partial charge in [0.25, 0.3) is 5.89 Å². The minimum atomic E-state index is -0.494. The molecular formula is C25H29N3O4. The number of benzene rings is 1. The number of carbonyl (C=O) groups excluding carboxylic acids is 2. The van der Waals surface area contributed by atoms with E-state index in [1.807, 2.05) is 35.2 Å². The second-order valence-corrected chi connectivity index (χ2v) is 10.3. The lowest BCUT2D eigenvalue weighted by Crippen LogP contribution is -2.56. The van der Waals surface area contributed by atoms with Gasteiger partial charge in [-0.1, -0.05) is 18.2 Å². The molecule has 4 saturated carbocycles. The first-order valence-corrected chi connectivity index (χ1v) is 12.0. The number of aromatic nitrogens is 2. The first-order chi connectivity index (χ1) is 15.6. The fraction of sp³-hybridized carbons (Fsp3) is 0.600. The van der Waals surface area contributed by atoms with Crippen LogP contribution >= 0.6 is 0 Å². The molecule has 4 aliphatic carbocycles. The molecule has 0 spiro atoms. The quantitative estimate of drug-likeness (QED) is 0.660. The van der Waals surface area contributed by atoms with Crippen LogP contribution in [0, 0.1) is 23.2 Å². The summed E-state index contributed by atoms with van der Waals surface area (Å²) >= 11 is 0. The van der Waals surface area contributed by atoms with E-state index in [-0.39, 0.29) is 29.8 Å². The third-order valence-corrected chi connectivity index (χ3v) is 8.10. The first-order valence-electron chi connectivity index (χ1n) is 12.0. The summed E-state index contributed by atoms with van der Waals surface area (Å²) in [6.07, 6.45) is 8.45. The lowest BCUT2D eigenvalue weighted by Gasteiger charge is -2.56. The van der Waals surface area contributed by atoms with Crippen molar-refractivity contribution in [3.8, 4) is 11.5 Å². The van der Waals surface area contributed by atoms with E-state index in [1.54, 1.807) is 0 Å². The Hall–Kier alpha value is -2.70. The Balaban J connectivity index is 1.11. The number of rotatable bonds is 5. The smallest absolute Gasteiger partial charge is 0.329 e. The average Bonchev–Trinajstić information content (AvgIpc) is 3.47. The van der Waals surface area contributed by atoms with Crippen LogP contribution in [0.2, 0.25) is 0 Å². The minimum Gasteiger partial charge on any atom is -0.454 e. The average molecular weight is 436 g/mol. The van der Waals surface area contributed by atoms with Gasteiger partial charge >= 0.3 is 5.97 Å². The molecule has 0 N–H and O–H groups in total. The molecule has 1 saturated heterocycles. The molecule has 0 radical (unpaired) electrons. The fourth-order valence-electron chi connectivity index (χ4n) is 7.17. The summed E-state index contributed by atoms with van der Waals surface area (Å²) in [6.45, 7) is 0.577. The van der Waals surface area contributed by atoms with E-state index >= 15 is 0 Å². The van der Waals surface area contributed by atoms with Crippen molar-refractivity contribution in [3.05, 3.63) is 36.2 Å². The number of carbonyl (C=O) groups is 2. The summed E-state index contributed by atoms with van der Waals surface area (Å²) in [4.78, 5) is 28.5. The van der Waals surface area contributed by atoms with Gasteiger partial charge in [-0.25, -0.2) is 4.79 Å². The maximum absolute atomic E-state index is 13.7. The molecule has 5 aliphatic rings. The Morgan fingerprint density at radius 3 is 2.41 bits per heavy atom. The highest BCUT2D eigenvalue weighted by atomic mass is 16.5. The predicted octanol–water partition coefficient (Wildman–Crippen LogP) is 3.99. The van der Waals surface area contributed by atoms with Crippen molar-refractivity contribution in [3.63, 3.8) is 0 Å². The van der Waals surface area contributed by atoms with Crippen molar-refractivity contribution in [2.75, 3.05) is 6.54 Å². The Labute approximate surface area is 187 Å². The molecule has 7 nitrogen and oxygen atoms in total. The zero-order chi connectivity index (χ0) is 21.7. The summed E-state index contributed by atoms with van der Waals surface area (Å²) in [7, 11) is 0. The van der Waals surface area contributed by atoms with Gasteiger partial charge in [-0.15, -0.1) is 10.2 Å². The van der Waals surface area contributed by atoms with Gasteiger partial charge in [0.1, 0.15) is 6.04 Å². The van der Waals surface area contributed by atoms with Crippen LogP contribution in [0.4, 0.5) is 0 Å². The molecule has 1 amide bonds. The lowest BCUT2D eigenvalue weighted by atomic mass is 9.49. The van der Waals surface area contributed by atoms with Crippen LogP contribution < -0.4 is 0 Å². The number of likely N-dealkylation sites (tertiary alicyclic amines) is 1. The number of esters is 1. The van der Waals surface area contributed by atoms with Gasteiger partial charge in [-0.3, -0.25) is 4.79 Å². The SMILES string of the molecule is O=C(OCc1nnc(-c2ccccc2)o1)C1CCCN1C(=O)C12CC3CC(CC(C3)C1)C2. The number of nitrogens with zero attached hydrogens (tertiary/aromatic N) is 3. The largest absolute Gasteiger partial charge is 0.454 e. The van der Waals surface area contributed by atoms with E-state index in [1.165, 1.54) is 19.3 Å². The molecule has 5 fully saturated rings. The van der Waals surface area contributed by atoms with E-state index in [9.17, 15) is 9.59 Å². The lowest BCUT2D eigenvalue weighted by molar-refractivity contribution is -0.166. The monoisotopic (exact) mass is 435 g/mol. The van der Waals surface area contributed by atoms with Gasteiger partial charge in [-0.2, -0.15) is 0 Å². The summed E-state index contributed by atoms with van der Waals surface area (Å²) in [5.41, 5.74) is 0.593. The van der Waals surface area contributed by atoms with Crippen LogP contribution in [0.3, 0.4) is 0 Å². The number of hydrogen-bond donors (Lipinski definition) is 0. The standard InChI is InChI=1S/C25H29N3O4/c29-23(31-15-21-26-27-22(32-21)19-5-2-1-3-6-19)20-7-4-8-28(20)24(30)25-12-16-9-17(13-25)11-18(10-16)14-25/h1-3,5-6,16-18,20H,4,7-15H2. The highest BCUT2D eigenvalue weighted by molar-refractivity contribution is 5.89. The molecule has 1 unspecified atom stereocenters. The molecule has 4 bridgehead atoms. The van der Waals surface area contributed by atoms with Gasteiger partial charge in [0.15, 0.2) is 6.61 Å². The van der Waals surface area contributed by atoms with Gasteiger partial charge in [-0.05, 0) is 81.3 Å². The molecule has 1 aromatic carbocycles. The van der Waals surface area contributed by atoms with Crippen LogP contribution in [0.25, 0.3) is 11.5 Å². The van der Waals surface area contributed by atoms with Gasteiger partial charge in [0.2, 0.25) is 11.8 Å². The maximum atomic E-state index is 13.7. The van der Waals surface area contributed by atoms with Gasteiger partial charge in [0.05, 0.1) is 5.41 Å². The Bertz CT molecular complexity index is 982. The first kappa shape index (κ1) is 19.9. The molecule has 32 heavy (non-hydrogen) atoms. The third-order valence-electron chi connectivity index (χ3n) is 8.10. The van der Waals surface area contributed by atoms with Crippen molar-refractivity contribution >= 4 is 11.9 Å². The second kappa shape index (κ2) is 7.71. The molecule has 2 aromatic rings. The van der Waals surface area contributed by atoms with Crippen LogP contribution in [-0.4, -0.2) is 39.6 Å². The van der Waals surface area contributed by atoms with Crippen LogP contribution in [0.5, 0.6) is 0 Å². The molecule has 1 aromatic heterocycles. The summed E-state index contributed by atoms with van der Waals surface area (Å²) in [5, 5.41) is 8.04. The normalized spacial score (nSPS) is 32.9. The second-order valence-electron chi connectivity index (χ2n) is 10.3. The Morgan fingerprint density at radius 2 is 1.72 bits per heavy atom. The predicted molar refractivity (Wildman–Crippen MR) is 115 cm³/mol. The number of hydrogen-bond acceptors (Lipinski definition) is 6. The number of amides is 1.